The van der Waals surface area contributed by atoms with Crippen molar-refractivity contribution < 1.29 is 4.74 Å². The van der Waals surface area contributed by atoms with Gasteiger partial charge in [0.05, 0.1) is 13.2 Å². The number of guanidine groups is 1. The monoisotopic (exact) mass is 450 g/mol. The summed E-state index contributed by atoms with van der Waals surface area (Å²) >= 11 is 0. The van der Waals surface area contributed by atoms with Crippen molar-refractivity contribution in [1.29, 1.82) is 0 Å². The fraction of sp³-hybridized carbons (Fsp3) is 0.944. The fourth-order valence-electron chi connectivity index (χ4n) is 4.25. The van der Waals surface area contributed by atoms with Crippen LogP contribution in [-0.2, 0) is 4.74 Å². The molecule has 0 aromatic rings. The summed E-state index contributed by atoms with van der Waals surface area (Å²) in [6.45, 7) is 12.7. The zero-order valence-electron chi connectivity index (χ0n) is 15.4. The Morgan fingerprint density at radius 3 is 2.58 bits per heavy atom. The number of ether oxygens (including phenoxy) is 1. The third-order valence-corrected chi connectivity index (χ3v) is 5.78. The van der Waals surface area contributed by atoms with Gasteiger partial charge in [-0.1, -0.05) is 19.8 Å². The summed E-state index contributed by atoms with van der Waals surface area (Å²) in [6, 6.07) is 0.671. The minimum atomic E-state index is 0. The molecule has 140 valence electrons. The molecule has 0 spiro atoms. The minimum Gasteiger partial charge on any atom is -0.379 e. The van der Waals surface area contributed by atoms with Gasteiger partial charge in [-0.25, -0.2) is 0 Å². The Hall–Kier alpha value is -0.0800. The van der Waals surface area contributed by atoms with E-state index < -0.39 is 0 Å². The van der Waals surface area contributed by atoms with Crippen molar-refractivity contribution >= 4 is 29.9 Å². The molecule has 0 radical (unpaired) electrons. The summed E-state index contributed by atoms with van der Waals surface area (Å²) in [5.74, 6) is 1.14. The Balaban J connectivity index is 0.00000208. The van der Waals surface area contributed by atoms with E-state index in [2.05, 4.69) is 29.0 Å². The summed E-state index contributed by atoms with van der Waals surface area (Å²) in [7, 11) is 0. The predicted molar refractivity (Wildman–Crippen MR) is 110 cm³/mol. The van der Waals surface area contributed by atoms with Crippen LogP contribution in [0.15, 0.2) is 4.99 Å². The molecule has 1 unspecified atom stereocenters. The van der Waals surface area contributed by atoms with E-state index in [1.807, 2.05) is 0 Å². The first-order chi connectivity index (χ1) is 11.2. The molecule has 6 heteroatoms. The first-order valence-electron chi connectivity index (χ1n) is 9.55. The number of hydrogen-bond acceptors (Lipinski definition) is 3. The van der Waals surface area contributed by atoms with Crippen LogP contribution < -0.4 is 5.32 Å². The molecule has 0 aromatic heterocycles. The van der Waals surface area contributed by atoms with Gasteiger partial charge in [0.1, 0.15) is 0 Å². The van der Waals surface area contributed by atoms with Crippen molar-refractivity contribution in [3.63, 3.8) is 0 Å². The first-order valence-corrected chi connectivity index (χ1v) is 9.55. The maximum Gasteiger partial charge on any atom is 0.193 e. The van der Waals surface area contributed by atoms with E-state index in [1.54, 1.807) is 0 Å². The second kappa shape index (κ2) is 9.57. The summed E-state index contributed by atoms with van der Waals surface area (Å²) in [5.41, 5.74) is 0.435. The molecule has 3 fully saturated rings. The number of halogens is 1. The molecule has 2 heterocycles. The minimum absolute atomic E-state index is 0. The Morgan fingerprint density at radius 2 is 1.92 bits per heavy atom. The number of rotatable bonds is 4. The van der Waals surface area contributed by atoms with Crippen LogP contribution in [0.3, 0.4) is 0 Å². The lowest BCUT2D eigenvalue weighted by Crippen LogP contribution is -2.46. The summed E-state index contributed by atoms with van der Waals surface area (Å²) in [6.07, 6.45) is 6.69. The molecular weight excluding hydrogens is 415 g/mol. The van der Waals surface area contributed by atoms with Gasteiger partial charge in [0.25, 0.3) is 0 Å². The van der Waals surface area contributed by atoms with Crippen molar-refractivity contribution in [3.05, 3.63) is 0 Å². The zero-order valence-corrected chi connectivity index (χ0v) is 17.8. The average molecular weight is 450 g/mol. The average Bonchev–Trinajstić information content (AvgIpc) is 3.22. The smallest absolute Gasteiger partial charge is 0.193 e. The van der Waals surface area contributed by atoms with Crippen LogP contribution in [0.25, 0.3) is 0 Å². The van der Waals surface area contributed by atoms with E-state index >= 15 is 0 Å². The number of likely N-dealkylation sites (tertiary alicyclic amines) is 1. The Bertz CT molecular complexity index is 406. The van der Waals surface area contributed by atoms with Crippen molar-refractivity contribution in [2.24, 2.45) is 10.4 Å². The van der Waals surface area contributed by atoms with Crippen LogP contribution in [0.4, 0.5) is 0 Å². The van der Waals surface area contributed by atoms with Crippen LogP contribution in [-0.4, -0.2) is 74.3 Å². The lowest BCUT2D eigenvalue weighted by Gasteiger charge is -2.32. The molecule has 0 amide bonds. The van der Waals surface area contributed by atoms with Gasteiger partial charge in [0.15, 0.2) is 5.96 Å². The van der Waals surface area contributed by atoms with Crippen LogP contribution in [0.5, 0.6) is 0 Å². The Kier molecular flexibility index (Phi) is 8.07. The lowest BCUT2D eigenvalue weighted by atomic mass is 9.89. The second-order valence-electron chi connectivity index (χ2n) is 7.72. The Morgan fingerprint density at radius 1 is 1.21 bits per heavy atom. The lowest BCUT2D eigenvalue weighted by molar-refractivity contribution is 0.0195. The van der Waals surface area contributed by atoms with Gasteiger partial charge in [-0.3, -0.25) is 9.89 Å². The maximum atomic E-state index is 5.49. The van der Waals surface area contributed by atoms with Gasteiger partial charge < -0.3 is 15.0 Å². The Labute approximate surface area is 164 Å². The second-order valence-corrected chi connectivity index (χ2v) is 7.72. The van der Waals surface area contributed by atoms with Crippen LogP contribution in [0.1, 0.15) is 46.0 Å². The molecule has 5 nitrogen and oxygen atoms in total. The van der Waals surface area contributed by atoms with Crippen molar-refractivity contribution in [2.75, 3.05) is 52.5 Å². The van der Waals surface area contributed by atoms with Crippen molar-refractivity contribution in [3.8, 4) is 0 Å². The van der Waals surface area contributed by atoms with Gasteiger partial charge in [-0.05, 0) is 31.6 Å². The molecule has 1 aliphatic carbocycles. The SMILES string of the molecule is CCNC(=NCC1(C)CCCC1)N1CCC(N2CCOCC2)C1.I. The van der Waals surface area contributed by atoms with Gasteiger partial charge in [-0.15, -0.1) is 24.0 Å². The molecule has 0 bridgehead atoms. The molecule has 2 aliphatic heterocycles. The van der Waals surface area contributed by atoms with Crippen molar-refractivity contribution in [1.82, 2.24) is 15.1 Å². The molecule has 3 aliphatic rings. The van der Waals surface area contributed by atoms with E-state index in [-0.39, 0.29) is 24.0 Å². The number of hydrogen-bond donors (Lipinski definition) is 1. The van der Waals surface area contributed by atoms with Gasteiger partial charge in [0, 0.05) is 45.3 Å². The van der Waals surface area contributed by atoms with E-state index in [0.717, 1.165) is 58.4 Å². The molecule has 1 saturated carbocycles. The quantitative estimate of drug-likeness (QED) is 0.406. The first kappa shape index (κ1) is 20.2. The number of aliphatic imine (C=N–C) groups is 1. The number of morpholine rings is 1. The normalized spacial score (nSPS) is 28.0. The molecule has 1 atom stereocenters. The number of nitrogens with one attached hydrogen (secondary N) is 1. The molecule has 24 heavy (non-hydrogen) atoms. The highest BCUT2D eigenvalue weighted by Gasteiger charge is 2.32. The molecule has 0 aromatic carbocycles. The third kappa shape index (κ3) is 5.21. The van der Waals surface area contributed by atoms with E-state index in [4.69, 9.17) is 9.73 Å². The topological polar surface area (TPSA) is 40.1 Å². The van der Waals surface area contributed by atoms with Crippen LogP contribution in [0.2, 0.25) is 0 Å². The number of nitrogens with zero attached hydrogens (tertiary/aromatic N) is 3. The van der Waals surface area contributed by atoms with Crippen LogP contribution >= 0.6 is 24.0 Å². The molecule has 2 saturated heterocycles. The summed E-state index contributed by atoms with van der Waals surface area (Å²) in [5, 5.41) is 3.52. The zero-order chi connectivity index (χ0) is 16.1. The van der Waals surface area contributed by atoms with E-state index in [9.17, 15) is 0 Å². The van der Waals surface area contributed by atoms with Gasteiger partial charge in [0.2, 0.25) is 0 Å². The maximum absolute atomic E-state index is 5.49. The highest BCUT2D eigenvalue weighted by Crippen LogP contribution is 2.37. The summed E-state index contributed by atoms with van der Waals surface area (Å²) < 4.78 is 5.49. The fourth-order valence-corrected chi connectivity index (χ4v) is 4.25. The van der Waals surface area contributed by atoms with Crippen molar-refractivity contribution in [2.45, 2.75) is 52.0 Å². The molecular formula is C18H35IN4O. The largest absolute Gasteiger partial charge is 0.379 e. The van der Waals surface area contributed by atoms with Gasteiger partial charge >= 0.3 is 0 Å². The molecule has 3 rings (SSSR count). The van der Waals surface area contributed by atoms with E-state index in [1.165, 1.54) is 32.1 Å². The van der Waals surface area contributed by atoms with Gasteiger partial charge in [-0.2, -0.15) is 0 Å². The standard InChI is InChI=1S/C18H34N4O.HI/c1-3-19-17(20-15-18(2)7-4-5-8-18)22-9-6-16(14-22)21-10-12-23-13-11-21;/h16H,3-15H2,1-2H3,(H,19,20);1H. The highest BCUT2D eigenvalue weighted by molar-refractivity contribution is 14.0. The third-order valence-electron chi connectivity index (χ3n) is 5.78. The van der Waals surface area contributed by atoms with Crippen LogP contribution in [0, 0.1) is 5.41 Å². The summed E-state index contributed by atoms with van der Waals surface area (Å²) in [4.78, 5) is 10.1. The van der Waals surface area contributed by atoms with E-state index in [0.29, 0.717) is 11.5 Å². The predicted octanol–water partition coefficient (Wildman–Crippen LogP) is 2.56. The molecule has 1 N–H and O–H groups in total. The highest BCUT2D eigenvalue weighted by atomic mass is 127.